The summed E-state index contributed by atoms with van der Waals surface area (Å²) in [7, 11) is 1.63. The molecule has 114 valence electrons. The highest BCUT2D eigenvalue weighted by atomic mass is 127. The highest BCUT2D eigenvalue weighted by molar-refractivity contribution is 14.0. The summed E-state index contributed by atoms with van der Waals surface area (Å²) in [6, 6.07) is 3.78. The molecule has 20 heavy (non-hydrogen) atoms. The standard InChI is InChI=1S/C11H18N4O3S.HI/c1-13-11(7-15(16)17)14-4-5-19-8-10-3-2-9(6-12)18-10;/h2-3,7,13-14H,4-6,8,12H2,1H3;1H. The van der Waals surface area contributed by atoms with Crippen molar-refractivity contribution in [1.29, 1.82) is 0 Å². The SMILES string of the molecule is CNC(=C[N+](=O)[O-])NCCSCc1ccc(CN)o1.I. The van der Waals surface area contributed by atoms with Crippen LogP contribution in [0.1, 0.15) is 11.5 Å². The number of nitrogens with zero attached hydrogens (tertiary/aromatic N) is 1. The van der Waals surface area contributed by atoms with Crippen LogP contribution in [0, 0.1) is 10.1 Å². The molecule has 0 bridgehead atoms. The van der Waals surface area contributed by atoms with E-state index in [0.29, 0.717) is 18.9 Å². The van der Waals surface area contributed by atoms with Gasteiger partial charge in [0, 0.05) is 19.3 Å². The lowest BCUT2D eigenvalue weighted by Crippen LogP contribution is -2.26. The van der Waals surface area contributed by atoms with Gasteiger partial charge < -0.3 is 20.8 Å². The molecule has 0 unspecified atom stereocenters. The molecule has 4 N–H and O–H groups in total. The van der Waals surface area contributed by atoms with Gasteiger partial charge in [-0.3, -0.25) is 10.1 Å². The van der Waals surface area contributed by atoms with E-state index in [1.165, 1.54) is 0 Å². The van der Waals surface area contributed by atoms with Gasteiger partial charge in [0.2, 0.25) is 0 Å². The number of furan rings is 1. The number of nitrogens with two attached hydrogens (primary N) is 1. The lowest BCUT2D eigenvalue weighted by Gasteiger charge is -2.07. The second-order valence-corrected chi connectivity index (χ2v) is 4.73. The first-order valence-corrected chi connectivity index (χ1v) is 6.93. The van der Waals surface area contributed by atoms with Crippen LogP contribution in [0.3, 0.4) is 0 Å². The number of hydrogen-bond acceptors (Lipinski definition) is 7. The Balaban J connectivity index is 0.00000361. The Hall–Kier alpha value is -0.940. The third-order valence-corrected chi connectivity index (χ3v) is 3.21. The number of rotatable bonds is 9. The molecule has 0 aromatic carbocycles. The van der Waals surface area contributed by atoms with Gasteiger partial charge in [0.15, 0.2) is 5.82 Å². The Labute approximate surface area is 138 Å². The molecule has 0 amide bonds. The second kappa shape index (κ2) is 10.8. The molecule has 0 aliphatic carbocycles. The van der Waals surface area contributed by atoms with Gasteiger partial charge in [-0.2, -0.15) is 11.8 Å². The van der Waals surface area contributed by atoms with Crippen molar-refractivity contribution in [3.63, 3.8) is 0 Å². The fraction of sp³-hybridized carbons (Fsp3) is 0.455. The number of thioether (sulfide) groups is 1. The van der Waals surface area contributed by atoms with Gasteiger partial charge in [-0.1, -0.05) is 0 Å². The fourth-order valence-electron chi connectivity index (χ4n) is 1.34. The van der Waals surface area contributed by atoms with Crippen LogP contribution in [0.15, 0.2) is 28.6 Å². The summed E-state index contributed by atoms with van der Waals surface area (Å²) in [6.07, 6.45) is 0.907. The molecule has 0 saturated heterocycles. The highest BCUT2D eigenvalue weighted by Crippen LogP contribution is 2.14. The van der Waals surface area contributed by atoms with Crippen LogP contribution in [-0.4, -0.2) is 24.3 Å². The molecule has 0 aliphatic heterocycles. The summed E-state index contributed by atoms with van der Waals surface area (Å²) < 4.78 is 5.45. The zero-order valence-corrected chi connectivity index (χ0v) is 14.3. The number of nitrogens with one attached hydrogen (secondary N) is 2. The summed E-state index contributed by atoms with van der Waals surface area (Å²) in [5.41, 5.74) is 5.45. The topological polar surface area (TPSA) is 106 Å². The average Bonchev–Trinajstić information content (AvgIpc) is 2.84. The van der Waals surface area contributed by atoms with Crippen molar-refractivity contribution >= 4 is 35.7 Å². The Morgan fingerprint density at radius 3 is 2.80 bits per heavy atom. The van der Waals surface area contributed by atoms with E-state index < -0.39 is 4.92 Å². The van der Waals surface area contributed by atoms with Crippen LogP contribution in [0.2, 0.25) is 0 Å². The van der Waals surface area contributed by atoms with Gasteiger partial charge in [0.05, 0.1) is 17.2 Å². The van der Waals surface area contributed by atoms with Crippen LogP contribution in [0.4, 0.5) is 0 Å². The first-order chi connectivity index (χ1) is 9.15. The lowest BCUT2D eigenvalue weighted by atomic mass is 10.4. The molecule has 0 atom stereocenters. The molecule has 1 aromatic rings. The van der Waals surface area contributed by atoms with Crippen LogP contribution < -0.4 is 16.4 Å². The largest absolute Gasteiger partial charge is 0.464 e. The maximum Gasteiger partial charge on any atom is 0.274 e. The van der Waals surface area contributed by atoms with E-state index in [1.54, 1.807) is 18.8 Å². The number of halogens is 1. The normalized spacial score (nSPS) is 10.8. The molecule has 0 radical (unpaired) electrons. The van der Waals surface area contributed by atoms with Crippen molar-refractivity contribution in [1.82, 2.24) is 10.6 Å². The van der Waals surface area contributed by atoms with Gasteiger partial charge in [0.1, 0.15) is 11.5 Å². The van der Waals surface area contributed by atoms with Crippen LogP contribution in [-0.2, 0) is 12.3 Å². The van der Waals surface area contributed by atoms with Crippen LogP contribution in [0.5, 0.6) is 0 Å². The van der Waals surface area contributed by atoms with Crippen LogP contribution in [0.25, 0.3) is 0 Å². The molecule has 1 heterocycles. The van der Waals surface area contributed by atoms with Gasteiger partial charge in [0.25, 0.3) is 6.20 Å². The Bertz CT molecular complexity index is 439. The van der Waals surface area contributed by atoms with E-state index in [-0.39, 0.29) is 24.0 Å². The number of hydrogen-bond donors (Lipinski definition) is 3. The molecule has 1 rings (SSSR count). The Morgan fingerprint density at radius 1 is 1.55 bits per heavy atom. The molecule has 0 aliphatic rings. The minimum atomic E-state index is -0.497. The monoisotopic (exact) mass is 414 g/mol. The van der Waals surface area contributed by atoms with E-state index in [0.717, 1.165) is 29.2 Å². The fourth-order valence-corrected chi connectivity index (χ4v) is 2.09. The van der Waals surface area contributed by atoms with Gasteiger partial charge in [-0.15, -0.1) is 24.0 Å². The van der Waals surface area contributed by atoms with Gasteiger partial charge >= 0.3 is 0 Å². The molecule has 0 saturated carbocycles. The average molecular weight is 414 g/mol. The summed E-state index contributed by atoms with van der Waals surface area (Å²) in [4.78, 5) is 9.80. The highest BCUT2D eigenvalue weighted by Gasteiger charge is 2.02. The molecule has 9 heteroatoms. The summed E-state index contributed by atoms with van der Waals surface area (Å²) in [5.74, 6) is 3.64. The zero-order chi connectivity index (χ0) is 14.1. The molecule has 7 nitrogen and oxygen atoms in total. The quantitative estimate of drug-likeness (QED) is 0.243. The minimum absolute atomic E-state index is 0. The maximum atomic E-state index is 10.3. The predicted molar refractivity (Wildman–Crippen MR) is 90.3 cm³/mol. The summed E-state index contributed by atoms with van der Waals surface area (Å²) in [6.45, 7) is 1.04. The lowest BCUT2D eigenvalue weighted by molar-refractivity contribution is -0.404. The zero-order valence-electron chi connectivity index (χ0n) is 11.1. The van der Waals surface area contributed by atoms with Gasteiger partial charge in [-0.05, 0) is 12.1 Å². The van der Waals surface area contributed by atoms with Crippen molar-refractivity contribution in [2.75, 3.05) is 19.3 Å². The van der Waals surface area contributed by atoms with Gasteiger partial charge in [-0.25, -0.2) is 0 Å². The van der Waals surface area contributed by atoms with Crippen molar-refractivity contribution in [2.24, 2.45) is 5.73 Å². The second-order valence-electron chi connectivity index (χ2n) is 3.63. The van der Waals surface area contributed by atoms with Crippen molar-refractivity contribution in [3.8, 4) is 0 Å². The smallest absolute Gasteiger partial charge is 0.274 e. The molecule has 1 aromatic heterocycles. The third kappa shape index (κ3) is 7.60. The minimum Gasteiger partial charge on any atom is -0.464 e. The summed E-state index contributed by atoms with van der Waals surface area (Å²) in [5, 5.41) is 16.0. The maximum absolute atomic E-state index is 10.3. The predicted octanol–water partition coefficient (Wildman–Crippen LogP) is 1.47. The summed E-state index contributed by atoms with van der Waals surface area (Å²) >= 11 is 1.68. The van der Waals surface area contributed by atoms with E-state index in [2.05, 4.69) is 10.6 Å². The first-order valence-electron chi connectivity index (χ1n) is 5.78. The van der Waals surface area contributed by atoms with E-state index in [1.807, 2.05) is 12.1 Å². The Morgan fingerprint density at radius 2 is 2.25 bits per heavy atom. The molecular formula is C11H19IN4O3S. The van der Waals surface area contributed by atoms with E-state index >= 15 is 0 Å². The Kier molecular flexibility index (Phi) is 10.3. The number of nitro groups is 1. The first kappa shape index (κ1) is 19.1. The van der Waals surface area contributed by atoms with E-state index in [9.17, 15) is 10.1 Å². The van der Waals surface area contributed by atoms with E-state index in [4.69, 9.17) is 10.2 Å². The molecule has 0 fully saturated rings. The molecular weight excluding hydrogens is 395 g/mol. The van der Waals surface area contributed by atoms with Crippen molar-refractivity contribution < 1.29 is 9.34 Å². The van der Waals surface area contributed by atoms with Crippen LogP contribution >= 0.6 is 35.7 Å². The van der Waals surface area contributed by atoms with Crippen molar-refractivity contribution in [3.05, 3.63) is 45.8 Å². The third-order valence-electron chi connectivity index (χ3n) is 2.23. The van der Waals surface area contributed by atoms with Crippen molar-refractivity contribution in [2.45, 2.75) is 12.3 Å². The molecule has 0 spiro atoms.